The zero-order valence-corrected chi connectivity index (χ0v) is 4.18. The molecule has 1 heterocycles. The lowest BCUT2D eigenvalue weighted by molar-refractivity contribution is 0.210. The van der Waals surface area contributed by atoms with Crippen molar-refractivity contribution in [3.05, 3.63) is 24.3 Å². The van der Waals surface area contributed by atoms with Crippen LogP contribution in [0.3, 0.4) is 0 Å². The summed E-state index contributed by atoms with van der Waals surface area (Å²) in [6.07, 6.45) is 3.86. The van der Waals surface area contributed by atoms with Gasteiger partial charge in [-0.15, -0.1) is 0 Å². The van der Waals surface area contributed by atoms with Crippen LogP contribution in [0.25, 0.3) is 0 Å². The molecule has 0 saturated carbocycles. The summed E-state index contributed by atoms with van der Waals surface area (Å²) in [6, 6.07) is 0. The minimum atomic E-state index is 0.753. The first-order valence-corrected chi connectivity index (χ1v) is 2.32. The molecule has 0 N–H and O–H groups in total. The maximum absolute atomic E-state index is 4.98. The van der Waals surface area contributed by atoms with Gasteiger partial charge in [0.1, 0.15) is 0 Å². The highest BCUT2D eigenvalue weighted by molar-refractivity contribution is 5.19. The number of hydrogen-bond donors (Lipinski definition) is 0. The summed E-state index contributed by atoms with van der Waals surface area (Å²) >= 11 is 0. The summed E-state index contributed by atoms with van der Waals surface area (Å²) in [5.41, 5.74) is 1.21. The highest BCUT2D eigenvalue weighted by Gasteiger charge is 1.96. The predicted molar refractivity (Wildman–Crippen MR) is 29.1 cm³/mol. The first kappa shape index (κ1) is 4.60. The van der Waals surface area contributed by atoms with E-state index in [9.17, 15) is 0 Å². The largest absolute Gasteiger partial charge is 0.373 e. The van der Waals surface area contributed by atoms with Crippen molar-refractivity contribution in [3.8, 4) is 0 Å². The third kappa shape index (κ3) is 0.904. The quantitative estimate of drug-likeness (QED) is 0.475. The molecule has 0 unspecified atom stereocenters. The second-order valence-electron chi connectivity index (χ2n) is 1.50. The molecule has 0 radical (unpaired) electrons. The van der Waals surface area contributed by atoms with Crippen molar-refractivity contribution in [3.63, 3.8) is 0 Å². The third-order valence-electron chi connectivity index (χ3n) is 0.994. The molecule has 0 saturated heterocycles. The molecule has 0 aromatic heterocycles. The number of hydrogen-bond acceptors (Lipinski definition) is 1. The highest BCUT2D eigenvalue weighted by Crippen LogP contribution is 2.02. The van der Waals surface area contributed by atoms with Crippen molar-refractivity contribution >= 4 is 0 Å². The Balaban J connectivity index is 2.51. The highest BCUT2D eigenvalue weighted by atomic mass is 16.5. The molecule has 1 nitrogen and oxygen atoms in total. The SMILES string of the molecule is C=CC1=CCOC1. The van der Waals surface area contributed by atoms with E-state index < -0.39 is 0 Å². The van der Waals surface area contributed by atoms with Crippen molar-refractivity contribution in [1.29, 1.82) is 0 Å². The van der Waals surface area contributed by atoms with Crippen molar-refractivity contribution < 1.29 is 4.74 Å². The third-order valence-corrected chi connectivity index (χ3v) is 0.994. The average molecular weight is 96.1 g/mol. The van der Waals surface area contributed by atoms with Gasteiger partial charge < -0.3 is 4.74 Å². The van der Waals surface area contributed by atoms with Crippen molar-refractivity contribution in [2.75, 3.05) is 13.2 Å². The molecule has 1 heteroatoms. The van der Waals surface area contributed by atoms with Crippen molar-refractivity contribution in [1.82, 2.24) is 0 Å². The Kier molecular flexibility index (Phi) is 1.27. The lowest BCUT2D eigenvalue weighted by atomic mass is 10.3. The van der Waals surface area contributed by atoms with Crippen LogP contribution in [0.4, 0.5) is 0 Å². The van der Waals surface area contributed by atoms with Gasteiger partial charge in [-0.3, -0.25) is 0 Å². The van der Waals surface area contributed by atoms with Gasteiger partial charge in [0, 0.05) is 0 Å². The van der Waals surface area contributed by atoms with Gasteiger partial charge in [0.25, 0.3) is 0 Å². The second kappa shape index (κ2) is 1.94. The summed E-state index contributed by atoms with van der Waals surface area (Å²) in [7, 11) is 0. The van der Waals surface area contributed by atoms with Crippen LogP contribution < -0.4 is 0 Å². The maximum Gasteiger partial charge on any atom is 0.0718 e. The standard InChI is InChI=1S/C6H8O/c1-2-6-3-4-7-5-6/h2-3H,1,4-5H2. The molecule has 0 fully saturated rings. The Bertz CT molecular complexity index is 103. The van der Waals surface area contributed by atoms with Gasteiger partial charge in [0.05, 0.1) is 13.2 Å². The molecule has 0 aliphatic carbocycles. The summed E-state index contributed by atoms with van der Waals surface area (Å²) < 4.78 is 4.98. The van der Waals surface area contributed by atoms with Crippen molar-refractivity contribution in [2.24, 2.45) is 0 Å². The zero-order valence-electron chi connectivity index (χ0n) is 4.18. The Hall–Kier alpha value is -0.560. The summed E-state index contributed by atoms with van der Waals surface area (Å²) in [5.74, 6) is 0. The lowest BCUT2D eigenvalue weighted by Gasteiger charge is -1.85. The van der Waals surface area contributed by atoms with Gasteiger partial charge >= 0.3 is 0 Å². The van der Waals surface area contributed by atoms with Gasteiger partial charge in [0.15, 0.2) is 0 Å². The van der Waals surface area contributed by atoms with Gasteiger partial charge in [-0.05, 0) is 5.57 Å². The average Bonchev–Trinajstić information content (AvgIpc) is 2.14. The topological polar surface area (TPSA) is 9.23 Å². The minimum Gasteiger partial charge on any atom is -0.373 e. The Morgan fingerprint density at radius 2 is 2.71 bits per heavy atom. The van der Waals surface area contributed by atoms with E-state index in [4.69, 9.17) is 4.74 Å². The smallest absolute Gasteiger partial charge is 0.0718 e. The number of ether oxygens (including phenoxy) is 1. The van der Waals surface area contributed by atoms with Crippen LogP contribution in [-0.4, -0.2) is 13.2 Å². The first-order chi connectivity index (χ1) is 3.43. The van der Waals surface area contributed by atoms with E-state index in [1.165, 1.54) is 5.57 Å². The van der Waals surface area contributed by atoms with Crippen LogP contribution in [0.5, 0.6) is 0 Å². The molecule has 0 atom stereocenters. The Labute approximate surface area is 43.3 Å². The van der Waals surface area contributed by atoms with E-state index in [0.29, 0.717) is 0 Å². The van der Waals surface area contributed by atoms with E-state index in [-0.39, 0.29) is 0 Å². The molecule has 1 rings (SSSR count). The molecule has 0 aromatic carbocycles. The van der Waals surface area contributed by atoms with E-state index in [0.717, 1.165) is 13.2 Å². The molecule has 0 aromatic rings. The molecule has 38 valence electrons. The summed E-state index contributed by atoms with van der Waals surface area (Å²) in [6.45, 7) is 5.11. The van der Waals surface area contributed by atoms with E-state index in [2.05, 4.69) is 6.58 Å². The summed E-state index contributed by atoms with van der Waals surface area (Å²) in [5, 5.41) is 0. The monoisotopic (exact) mass is 96.1 g/mol. The first-order valence-electron chi connectivity index (χ1n) is 2.32. The normalized spacial score (nSPS) is 19.1. The molecule has 0 bridgehead atoms. The molecule has 1 aliphatic rings. The lowest BCUT2D eigenvalue weighted by Crippen LogP contribution is -1.81. The van der Waals surface area contributed by atoms with E-state index >= 15 is 0 Å². The Morgan fingerprint density at radius 1 is 1.86 bits per heavy atom. The fourth-order valence-electron chi connectivity index (χ4n) is 0.544. The van der Waals surface area contributed by atoms with Gasteiger partial charge in [0.2, 0.25) is 0 Å². The molecular weight excluding hydrogens is 88.1 g/mol. The molecule has 0 spiro atoms. The fourth-order valence-corrected chi connectivity index (χ4v) is 0.544. The fraction of sp³-hybridized carbons (Fsp3) is 0.333. The molecule has 7 heavy (non-hydrogen) atoms. The van der Waals surface area contributed by atoms with Crippen LogP contribution in [0.15, 0.2) is 24.3 Å². The number of rotatable bonds is 1. The van der Waals surface area contributed by atoms with E-state index in [1.54, 1.807) is 0 Å². The van der Waals surface area contributed by atoms with Crippen molar-refractivity contribution in [2.45, 2.75) is 0 Å². The maximum atomic E-state index is 4.98. The second-order valence-corrected chi connectivity index (χ2v) is 1.50. The van der Waals surface area contributed by atoms with Crippen LogP contribution in [0.2, 0.25) is 0 Å². The van der Waals surface area contributed by atoms with Crippen LogP contribution >= 0.6 is 0 Å². The van der Waals surface area contributed by atoms with Crippen LogP contribution in [0.1, 0.15) is 0 Å². The van der Waals surface area contributed by atoms with Gasteiger partial charge in [-0.1, -0.05) is 18.7 Å². The molecule has 0 amide bonds. The molecule has 1 aliphatic heterocycles. The summed E-state index contributed by atoms with van der Waals surface area (Å²) in [4.78, 5) is 0. The van der Waals surface area contributed by atoms with Crippen LogP contribution in [-0.2, 0) is 4.74 Å². The van der Waals surface area contributed by atoms with Gasteiger partial charge in [-0.25, -0.2) is 0 Å². The zero-order chi connectivity index (χ0) is 5.11. The van der Waals surface area contributed by atoms with Gasteiger partial charge in [-0.2, -0.15) is 0 Å². The van der Waals surface area contributed by atoms with E-state index in [1.807, 2.05) is 12.2 Å². The minimum absolute atomic E-state index is 0.753. The predicted octanol–water partition coefficient (Wildman–Crippen LogP) is 1.13. The molecular formula is C6H8O. The van der Waals surface area contributed by atoms with Crippen LogP contribution in [0, 0.1) is 0 Å². The Morgan fingerprint density at radius 3 is 3.00 bits per heavy atom.